The minimum atomic E-state index is 0.0898. The predicted octanol–water partition coefficient (Wildman–Crippen LogP) is 1.87. The number of aromatic nitrogens is 2. The summed E-state index contributed by atoms with van der Waals surface area (Å²) in [6, 6.07) is 10.4. The van der Waals surface area contributed by atoms with Gasteiger partial charge in [0.05, 0.1) is 5.69 Å². The number of benzene rings is 1. The molecule has 1 atom stereocenters. The molecule has 4 rings (SSSR count). The lowest BCUT2D eigenvalue weighted by molar-refractivity contribution is -0.121. The van der Waals surface area contributed by atoms with Gasteiger partial charge in [-0.25, -0.2) is 0 Å². The third kappa shape index (κ3) is 3.77. The van der Waals surface area contributed by atoms with E-state index < -0.39 is 0 Å². The van der Waals surface area contributed by atoms with Gasteiger partial charge in [0.2, 0.25) is 5.91 Å². The van der Waals surface area contributed by atoms with E-state index in [1.54, 1.807) is 0 Å². The van der Waals surface area contributed by atoms with Crippen LogP contribution in [-0.2, 0) is 18.4 Å². The van der Waals surface area contributed by atoms with Crippen LogP contribution in [0.4, 0.5) is 0 Å². The van der Waals surface area contributed by atoms with Gasteiger partial charge in [-0.1, -0.05) is 30.3 Å². The summed E-state index contributed by atoms with van der Waals surface area (Å²) in [5.74, 6) is 0.191. The Kier molecular flexibility index (Phi) is 5.02. The molecule has 2 fully saturated rings. The number of piperazine rings is 1. The summed E-state index contributed by atoms with van der Waals surface area (Å²) in [5, 5.41) is 7.75. The van der Waals surface area contributed by atoms with E-state index in [-0.39, 0.29) is 11.4 Å². The van der Waals surface area contributed by atoms with Crippen molar-refractivity contribution in [2.45, 2.75) is 31.3 Å². The molecule has 2 aliphatic heterocycles. The zero-order chi connectivity index (χ0) is 18.9. The maximum absolute atomic E-state index is 11.8. The normalized spacial score (nSPS) is 24.7. The summed E-state index contributed by atoms with van der Waals surface area (Å²) in [5.41, 5.74) is 3.60. The Morgan fingerprint density at radius 1 is 1.15 bits per heavy atom. The average molecular weight is 367 g/mol. The number of hydrogen-bond donors (Lipinski definition) is 1. The summed E-state index contributed by atoms with van der Waals surface area (Å²) in [6.45, 7) is 4.76. The Labute approximate surface area is 161 Å². The molecule has 2 aromatic rings. The van der Waals surface area contributed by atoms with Gasteiger partial charge in [0.15, 0.2) is 0 Å². The molecule has 1 aromatic heterocycles. The highest BCUT2D eigenvalue weighted by Gasteiger charge is 2.40. The number of amides is 1. The maximum atomic E-state index is 11.8. The lowest BCUT2D eigenvalue weighted by atomic mass is 9.86. The molecule has 1 spiro atoms. The first-order valence-electron chi connectivity index (χ1n) is 9.84. The van der Waals surface area contributed by atoms with Crippen molar-refractivity contribution >= 4 is 5.91 Å². The minimum Gasteiger partial charge on any atom is -0.356 e. The SMILES string of the molecule is CN1CCN(Cc2cn(C)nc2-c2ccccc2)C[C@]12CCNC(=O)CC2. The molecule has 27 heavy (non-hydrogen) atoms. The number of rotatable bonds is 3. The fourth-order valence-electron chi connectivity index (χ4n) is 4.55. The van der Waals surface area contributed by atoms with Crippen LogP contribution in [0, 0.1) is 0 Å². The number of hydrogen-bond acceptors (Lipinski definition) is 4. The van der Waals surface area contributed by atoms with Crippen LogP contribution in [0.2, 0.25) is 0 Å². The van der Waals surface area contributed by atoms with Gasteiger partial charge in [0.1, 0.15) is 0 Å². The number of nitrogens with one attached hydrogen (secondary N) is 1. The van der Waals surface area contributed by atoms with E-state index in [4.69, 9.17) is 5.10 Å². The average Bonchev–Trinajstić information content (AvgIpc) is 2.93. The fraction of sp³-hybridized carbons (Fsp3) is 0.524. The second-order valence-corrected chi connectivity index (χ2v) is 8.00. The minimum absolute atomic E-state index is 0.0898. The molecule has 0 unspecified atom stereocenters. The van der Waals surface area contributed by atoms with E-state index >= 15 is 0 Å². The van der Waals surface area contributed by atoms with Gasteiger partial charge in [-0.05, 0) is 19.9 Å². The van der Waals surface area contributed by atoms with E-state index in [9.17, 15) is 4.79 Å². The maximum Gasteiger partial charge on any atom is 0.220 e. The summed E-state index contributed by atoms with van der Waals surface area (Å²) in [4.78, 5) is 16.9. The summed E-state index contributed by atoms with van der Waals surface area (Å²) in [6.07, 6.45) is 4.72. The predicted molar refractivity (Wildman–Crippen MR) is 106 cm³/mol. The van der Waals surface area contributed by atoms with Crippen molar-refractivity contribution in [2.24, 2.45) is 7.05 Å². The number of aryl methyl sites for hydroxylation is 1. The molecule has 1 amide bonds. The zero-order valence-electron chi connectivity index (χ0n) is 16.3. The topological polar surface area (TPSA) is 53.4 Å². The molecule has 6 nitrogen and oxygen atoms in total. The standard InChI is InChI=1S/C21H29N5O/c1-24-12-13-26(16-21(24)9-8-19(27)22-11-10-21)15-18-14-25(2)23-20(18)17-6-4-3-5-7-17/h3-7,14H,8-13,15-16H2,1-2H3,(H,22,27)/t21-/m0/s1. The van der Waals surface area contributed by atoms with Gasteiger partial charge in [-0.2, -0.15) is 5.10 Å². The van der Waals surface area contributed by atoms with Crippen LogP contribution < -0.4 is 5.32 Å². The van der Waals surface area contributed by atoms with Crippen LogP contribution in [-0.4, -0.2) is 64.3 Å². The smallest absolute Gasteiger partial charge is 0.220 e. The molecule has 2 aliphatic rings. The largest absolute Gasteiger partial charge is 0.356 e. The molecule has 0 radical (unpaired) electrons. The molecule has 0 aliphatic carbocycles. The van der Waals surface area contributed by atoms with E-state index in [1.807, 2.05) is 17.8 Å². The number of nitrogens with zero attached hydrogens (tertiary/aromatic N) is 4. The van der Waals surface area contributed by atoms with E-state index in [1.165, 1.54) is 11.1 Å². The number of carbonyl (C=O) groups is 1. The van der Waals surface area contributed by atoms with Crippen LogP contribution in [0.25, 0.3) is 11.3 Å². The van der Waals surface area contributed by atoms with E-state index in [0.29, 0.717) is 6.42 Å². The monoisotopic (exact) mass is 367 g/mol. The van der Waals surface area contributed by atoms with Crippen LogP contribution in [0.5, 0.6) is 0 Å². The molecular formula is C21H29N5O. The number of likely N-dealkylation sites (N-methyl/N-ethyl adjacent to an activating group) is 1. The van der Waals surface area contributed by atoms with Crippen molar-refractivity contribution in [3.05, 3.63) is 42.1 Å². The molecule has 2 saturated heterocycles. The molecule has 144 valence electrons. The number of carbonyl (C=O) groups excluding carboxylic acids is 1. The van der Waals surface area contributed by atoms with E-state index in [0.717, 1.165) is 51.3 Å². The Balaban J connectivity index is 1.54. The summed E-state index contributed by atoms with van der Waals surface area (Å²) >= 11 is 0. The van der Waals surface area contributed by atoms with Crippen molar-refractivity contribution in [1.82, 2.24) is 24.9 Å². The van der Waals surface area contributed by atoms with Crippen LogP contribution in [0.1, 0.15) is 24.8 Å². The Hall–Kier alpha value is -2.18. The second-order valence-electron chi connectivity index (χ2n) is 8.00. The fourth-order valence-corrected chi connectivity index (χ4v) is 4.55. The molecular weight excluding hydrogens is 338 g/mol. The van der Waals surface area contributed by atoms with Gasteiger partial charge in [0, 0.05) is 69.1 Å². The Morgan fingerprint density at radius 3 is 2.78 bits per heavy atom. The quantitative estimate of drug-likeness (QED) is 0.900. The molecule has 0 saturated carbocycles. The third-order valence-electron chi connectivity index (χ3n) is 6.16. The lowest BCUT2D eigenvalue weighted by Gasteiger charge is -2.49. The van der Waals surface area contributed by atoms with Crippen LogP contribution >= 0.6 is 0 Å². The highest BCUT2D eigenvalue weighted by atomic mass is 16.1. The first-order valence-corrected chi connectivity index (χ1v) is 9.84. The van der Waals surface area contributed by atoms with Crippen LogP contribution in [0.15, 0.2) is 36.5 Å². The Morgan fingerprint density at radius 2 is 1.96 bits per heavy atom. The van der Waals surface area contributed by atoms with Crippen molar-refractivity contribution < 1.29 is 4.79 Å². The first kappa shape index (κ1) is 18.2. The van der Waals surface area contributed by atoms with Gasteiger partial charge < -0.3 is 5.32 Å². The molecule has 0 bridgehead atoms. The van der Waals surface area contributed by atoms with Gasteiger partial charge in [-0.3, -0.25) is 19.3 Å². The lowest BCUT2D eigenvalue weighted by Crippen LogP contribution is -2.60. The molecule has 3 heterocycles. The van der Waals surface area contributed by atoms with Crippen molar-refractivity contribution in [2.75, 3.05) is 33.2 Å². The molecule has 1 aromatic carbocycles. The Bertz CT molecular complexity index is 802. The van der Waals surface area contributed by atoms with E-state index in [2.05, 4.69) is 52.6 Å². The second kappa shape index (κ2) is 7.44. The molecule has 1 N–H and O–H groups in total. The van der Waals surface area contributed by atoms with Crippen molar-refractivity contribution in [1.29, 1.82) is 0 Å². The zero-order valence-corrected chi connectivity index (χ0v) is 16.3. The highest BCUT2D eigenvalue weighted by Crippen LogP contribution is 2.32. The van der Waals surface area contributed by atoms with Gasteiger partial charge in [0.25, 0.3) is 0 Å². The van der Waals surface area contributed by atoms with Gasteiger partial charge >= 0.3 is 0 Å². The van der Waals surface area contributed by atoms with Crippen LogP contribution in [0.3, 0.4) is 0 Å². The van der Waals surface area contributed by atoms with Crippen molar-refractivity contribution in [3.63, 3.8) is 0 Å². The summed E-state index contributed by atoms with van der Waals surface area (Å²) < 4.78 is 1.91. The first-order chi connectivity index (χ1) is 13.1. The van der Waals surface area contributed by atoms with Gasteiger partial charge in [-0.15, -0.1) is 0 Å². The third-order valence-corrected chi connectivity index (χ3v) is 6.16. The molecule has 6 heteroatoms. The van der Waals surface area contributed by atoms with Crippen molar-refractivity contribution in [3.8, 4) is 11.3 Å². The highest BCUT2D eigenvalue weighted by molar-refractivity contribution is 5.76. The summed E-state index contributed by atoms with van der Waals surface area (Å²) in [7, 11) is 4.20.